The number of hydrogen-bond acceptors (Lipinski definition) is 7. The van der Waals surface area contributed by atoms with Crippen LogP contribution in [-0.2, 0) is 4.79 Å². The number of nitrogens with zero attached hydrogens (tertiary/aromatic N) is 3. The zero-order valence-corrected chi connectivity index (χ0v) is 23.4. The van der Waals surface area contributed by atoms with E-state index in [0.29, 0.717) is 43.4 Å². The van der Waals surface area contributed by atoms with Crippen molar-refractivity contribution in [3.63, 3.8) is 0 Å². The summed E-state index contributed by atoms with van der Waals surface area (Å²) >= 11 is 1.22. The number of fused-ring (bicyclic) bond motifs is 1. The standard InChI is InChI=1S/C32H24N4O5S/c1-19-8-10-22(11-9-19)29-28(30(37)34-23-6-4-3-5-7-23)20(2)33-32-35(29)31(38)27(42-32)18-25-16-17-26(41-25)21-12-14-24(15-13-21)36(39)40/h3-18,29H,1-2H3,(H,34,37)/b27-18-. The molecule has 1 amide bonds. The molecule has 0 spiro atoms. The molecule has 1 aliphatic rings. The number of hydrogen-bond donors (Lipinski definition) is 1. The first-order valence-corrected chi connectivity index (χ1v) is 13.9. The summed E-state index contributed by atoms with van der Waals surface area (Å²) in [4.78, 5) is 43.2. The number of nitrogens with one attached hydrogen (secondary N) is 1. The van der Waals surface area contributed by atoms with Crippen LogP contribution in [0.1, 0.15) is 29.9 Å². The molecule has 208 valence electrons. The number of allylic oxidation sites excluding steroid dienone is 1. The van der Waals surface area contributed by atoms with Gasteiger partial charge < -0.3 is 9.73 Å². The van der Waals surface area contributed by atoms with Gasteiger partial charge in [-0.25, -0.2) is 4.99 Å². The van der Waals surface area contributed by atoms with Crippen molar-refractivity contribution in [2.24, 2.45) is 4.99 Å². The van der Waals surface area contributed by atoms with Crippen LogP contribution < -0.4 is 20.2 Å². The van der Waals surface area contributed by atoms with Crippen LogP contribution in [0.25, 0.3) is 17.4 Å². The van der Waals surface area contributed by atoms with Gasteiger partial charge in [-0.3, -0.25) is 24.3 Å². The maximum atomic E-state index is 13.9. The van der Waals surface area contributed by atoms with Crippen LogP contribution in [0.4, 0.5) is 11.4 Å². The van der Waals surface area contributed by atoms with Gasteiger partial charge in [0, 0.05) is 29.5 Å². The number of furan rings is 1. The van der Waals surface area contributed by atoms with Gasteiger partial charge in [-0.2, -0.15) is 0 Å². The van der Waals surface area contributed by atoms with E-state index in [2.05, 4.69) is 10.3 Å². The molecule has 5 aromatic rings. The van der Waals surface area contributed by atoms with Crippen molar-refractivity contribution in [2.45, 2.75) is 19.9 Å². The third-order valence-electron chi connectivity index (χ3n) is 6.95. The number of non-ortho nitro benzene ring substituents is 1. The van der Waals surface area contributed by atoms with Gasteiger partial charge >= 0.3 is 0 Å². The summed E-state index contributed by atoms with van der Waals surface area (Å²) in [6.07, 6.45) is 1.65. The lowest BCUT2D eigenvalue weighted by molar-refractivity contribution is -0.384. The fourth-order valence-electron chi connectivity index (χ4n) is 4.86. The lowest BCUT2D eigenvalue weighted by Crippen LogP contribution is -2.40. The van der Waals surface area contributed by atoms with Crippen molar-refractivity contribution >= 4 is 34.7 Å². The SMILES string of the molecule is CC1=C(C(=O)Nc2ccccc2)C(c2ccc(C)cc2)n2c(s/c(=C\c3ccc(-c4ccc([N+](=O)[O-])cc4)o3)c2=O)=N1. The molecule has 10 heteroatoms. The number of aryl methyl sites for hydroxylation is 1. The second-order valence-corrected chi connectivity index (χ2v) is 10.8. The highest BCUT2D eigenvalue weighted by atomic mass is 32.1. The van der Waals surface area contributed by atoms with Gasteiger partial charge in [-0.15, -0.1) is 0 Å². The quantitative estimate of drug-likeness (QED) is 0.216. The molecule has 42 heavy (non-hydrogen) atoms. The van der Waals surface area contributed by atoms with E-state index in [1.54, 1.807) is 54.0 Å². The Morgan fingerprint density at radius 1 is 1.00 bits per heavy atom. The number of thiazole rings is 1. The van der Waals surface area contributed by atoms with Gasteiger partial charge in [-0.05, 0) is 55.8 Å². The molecule has 0 fully saturated rings. The van der Waals surface area contributed by atoms with E-state index in [1.165, 1.54) is 23.5 Å². The predicted octanol–water partition coefficient (Wildman–Crippen LogP) is 5.35. The molecule has 0 radical (unpaired) electrons. The normalized spacial score (nSPS) is 14.8. The lowest BCUT2D eigenvalue weighted by Gasteiger charge is -2.25. The van der Waals surface area contributed by atoms with E-state index in [9.17, 15) is 19.7 Å². The molecule has 1 atom stereocenters. The van der Waals surface area contributed by atoms with E-state index in [1.807, 2.05) is 49.4 Å². The van der Waals surface area contributed by atoms with E-state index >= 15 is 0 Å². The second-order valence-electron chi connectivity index (χ2n) is 9.82. The maximum absolute atomic E-state index is 13.9. The van der Waals surface area contributed by atoms with Crippen molar-refractivity contribution < 1.29 is 14.1 Å². The first-order chi connectivity index (χ1) is 20.3. The molecule has 0 aliphatic carbocycles. The summed E-state index contributed by atoms with van der Waals surface area (Å²) in [6, 6.07) is 25.8. The highest BCUT2D eigenvalue weighted by molar-refractivity contribution is 7.07. The molecule has 6 rings (SSSR count). The van der Waals surface area contributed by atoms with Crippen molar-refractivity contribution in [3.05, 3.63) is 149 Å². The van der Waals surface area contributed by atoms with Gasteiger partial charge in [0.25, 0.3) is 17.2 Å². The zero-order valence-electron chi connectivity index (χ0n) is 22.6. The van der Waals surface area contributed by atoms with Crippen LogP contribution in [0.2, 0.25) is 0 Å². The Balaban J connectivity index is 1.42. The van der Waals surface area contributed by atoms with Crippen LogP contribution in [-0.4, -0.2) is 15.4 Å². The Hall–Kier alpha value is -5.35. The molecule has 9 nitrogen and oxygen atoms in total. The fourth-order valence-corrected chi connectivity index (χ4v) is 5.88. The summed E-state index contributed by atoms with van der Waals surface area (Å²) in [5.41, 5.74) is 3.77. The molecular formula is C32H24N4O5S. The van der Waals surface area contributed by atoms with Crippen LogP contribution >= 0.6 is 11.3 Å². The Morgan fingerprint density at radius 2 is 1.71 bits per heavy atom. The number of nitro benzene ring substituents is 1. The molecule has 1 aliphatic heterocycles. The van der Waals surface area contributed by atoms with E-state index in [-0.39, 0.29) is 17.2 Å². The summed E-state index contributed by atoms with van der Waals surface area (Å²) in [5.74, 6) is 0.622. The molecule has 0 saturated carbocycles. The minimum absolute atomic E-state index is 0.0121. The minimum Gasteiger partial charge on any atom is -0.457 e. The van der Waals surface area contributed by atoms with Gasteiger partial charge in [0.15, 0.2) is 4.80 Å². The average Bonchev–Trinajstić information content (AvgIpc) is 3.57. The highest BCUT2D eigenvalue weighted by Gasteiger charge is 2.32. The second kappa shape index (κ2) is 10.9. The lowest BCUT2D eigenvalue weighted by atomic mass is 9.94. The van der Waals surface area contributed by atoms with Gasteiger partial charge in [0.2, 0.25) is 0 Å². The van der Waals surface area contributed by atoms with Gasteiger partial charge in [0.05, 0.1) is 26.8 Å². The maximum Gasteiger partial charge on any atom is 0.271 e. The predicted molar refractivity (Wildman–Crippen MR) is 161 cm³/mol. The monoisotopic (exact) mass is 576 g/mol. The van der Waals surface area contributed by atoms with E-state index in [0.717, 1.165) is 11.1 Å². The van der Waals surface area contributed by atoms with Crippen molar-refractivity contribution in [1.29, 1.82) is 0 Å². The fraction of sp³-hybridized carbons (Fsp3) is 0.0938. The third kappa shape index (κ3) is 5.11. The van der Waals surface area contributed by atoms with Crippen LogP contribution in [0.15, 0.2) is 116 Å². The molecule has 3 heterocycles. The number of benzene rings is 3. The van der Waals surface area contributed by atoms with Crippen molar-refractivity contribution in [2.75, 3.05) is 5.32 Å². The van der Waals surface area contributed by atoms with E-state index in [4.69, 9.17) is 4.42 Å². The summed E-state index contributed by atoms with van der Waals surface area (Å²) < 4.78 is 7.92. The Kier molecular flexibility index (Phi) is 6.97. The van der Waals surface area contributed by atoms with Crippen LogP contribution in [0.3, 0.4) is 0 Å². The molecule has 2 aromatic heterocycles. The van der Waals surface area contributed by atoms with Crippen LogP contribution in [0.5, 0.6) is 0 Å². The summed E-state index contributed by atoms with van der Waals surface area (Å²) in [7, 11) is 0. The van der Waals surface area contributed by atoms with Crippen molar-refractivity contribution in [3.8, 4) is 11.3 Å². The number of aromatic nitrogens is 1. The van der Waals surface area contributed by atoms with Crippen molar-refractivity contribution in [1.82, 2.24) is 4.57 Å². The Bertz CT molecular complexity index is 2040. The highest BCUT2D eigenvalue weighted by Crippen LogP contribution is 2.31. The topological polar surface area (TPSA) is 120 Å². The number of anilines is 1. The van der Waals surface area contributed by atoms with Gasteiger partial charge in [0.1, 0.15) is 11.5 Å². The largest absolute Gasteiger partial charge is 0.457 e. The number of nitro groups is 1. The zero-order chi connectivity index (χ0) is 29.4. The minimum atomic E-state index is -0.681. The smallest absolute Gasteiger partial charge is 0.271 e. The third-order valence-corrected chi connectivity index (χ3v) is 7.94. The summed E-state index contributed by atoms with van der Waals surface area (Å²) in [6.45, 7) is 3.76. The Labute approximate surface area is 243 Å². The number of para-hydroxylation sites is 1. The molecule has 0 bridgehead atoms. The number of rotatable bonds is 6. The molecule has 3 aromatic carbocycles. The molecule has 1 unspecified atom stereocenters. The first-order valence-electron chi connectivity index (χ1n) is 13.1. The number of carbonyl (C=O) groups is 1. The number of amides is 1. The number of carbonyl (C=O) groups excluding carboxylic acids is 1. The molecule has 0 saturated heterocycles. The molecule has 1 N–H and O–H groups in total. The first kappa shape index (κ1) is 26.9. The van der Waals surface area contributed by atoms with Crippen LogP contribution in [0, 0.1) is 17.0 Å². The average molecular weight is 577 g/mol. The van der Waals surface area contributed by atoms with Gasteiger partial charge in [-0.1, -0.05) is 59.4 Å². The Morgan fingerprint density at radius 3 is 2.40 bits per heavy atom. The summed E-state index contributed by atoms with van der Waals surface area (Å²) in [5, 5.41) is 13.9. The van der Waals surface area contributed by atoms with E-state index < -0.39 is 11.0 Å². The molecular weight excluding hydrogens is 552 g/mol.